The summed E-state index contributed by atoms with van der Waals surface area (Å²) in [6.45, 7) is 5.03. The van der Waals surface area contributed by atoms with E-state index in [0.717, 1.165) is 48.7 Å². The molecule has 0 amide bonds. The van der Waals surface area contributed by atoms with Gasteiger partial charge in [-0.25, -0.2) is 4.98 Å². The van der Waals surface area contributed by atoms with Crippen LogP contribution in [0.15, 0.2) is 30.5 Å². The maximum absolute atomic E-state index is 6.14. The highest BCUT2D eigenvalue weighted by Crippen LogP contribution is 2.28. The van der Waals surface area contributed by atoms with E-state index in [1.54, 1.807) is 0 Å². The first kappa shape index (κ1) is 14.1. The molecule has 0 spiro atoms. The quantitative estimate of drug-likeness (QED) is 0.938. The van der Waals surface area contributed by atoms with Gasteiger partial charge in [0.15, 0.2) is 0 Å². The molecule has 0 aliphatic carbocycles. The number of rotatable bonds is 4. The molecular weight excluding hydrogens is 262 g/mol. The van der Waals surface area contributed by atoms with E-state index in [1.807, 2.05) is 12.1 Å². The van der Waals surface area contributed by atoms with Gasteiger partial charge in [0.05, 0.1) is 12.3 Å². The number of hydrogen-bond donors (Lipinski definition) is 1. The van der Waals surface area contributed by atoms with Gasteiger partial charge in [-0.3, -0.25) is 0 Å². The van der Waals surface area contributed by atoms with E-state index < -0.39 is 0 Å². The molecule has 1 aromatic carbocycles. The van der Waals surface area contributed by atoms with Crippen LogP contribution in [0.5, 0.6) is 5.75 Å². The van der Waals surface area contributed by atoms with E-state index in [0.29, 0.717) is 6.04 Å². The van der Waals surface area contributed by atoms with Gasteiger partial charge in [0.1, 0.15) is 11.6 Å². The number of benzene rings is 1. The molecule has 0 radical (unpaired) electrons. The summed E-state index contributed by atoms with van der Waals surface area (Å²) in [7, 11) is 0. The van der Waals surface area contributed by atoms with Gasteiger partial charge in [-0.1, -0.05) is 6.92 Å². The van der Waals surface area contributed by atoms with Crippen molar-refractivity contribution in [1.82, 2.24) is 9.55 Å². The second-order valence-corrected chi connectivity index (χ2v) is 5.77. The smallest absolute Gasteiger partial charge is 0.119 e. The highest BCUT2D eigenvalue weighted by Gasteiger charge is 2.24. The molecule has 2 heterocycles. The lowest BCUT2D eigenvalue weighted by Gasteiger charge is -2.27. The van der Waals surface area contributed by atoms with E-state index in [4.69, 9.17) is 15.5 Å². The highest BCUT2D eigenvalue weighted by atomic mass is 16.5. The minimum absolute atomic E-state index is 0.226. The first-order valence-electron chi connectivity index (χ1n) is 7.75. The average Bonchev–Trinajstić information content (AvgIpc) is 2.94. The van der Waals surface area contributed by atoms with Crippen LogP contribution < -0.4 is 10.5 Å². The van der Waals surface area contributed by atoms with Crippen LogP contribution in [0.2, 0.25) is 0 Å². The van der Waals surface area contributed by atoms with Crippen LogP contribution in [0.25, 0.3) is 11.3 Å². The Kier molecular flexibility index (Phi) is 3.97. The number of aryl methyl sites for hydroxylation is 1. The van der Waals surface area contributed by atoms with E-state index >= 15 is 0 Å². The number of aromatic nitrogens is 2. The predicted octanol–water partition coefficient (Wildman–Crippen LogP) is 3.17. The molecule has 0 fully saturated rings. The van der Waals surface area contributed by atoms with E-state index in [-0.39, 0.29) is 6.04 Å². The first-order valence-corrected chi connectivity index (χ1v) is 7.75. The second-order valence-electron chi connectivity index (χ2n) is 5.77. The van der Waals surface area contributed by atoms with Crippen molar-refractivity contribution in [2.24, 2.45) is 5.73 Å². The molecule has 1 aliphatic rings. The van der Waals surface area contributed by atoms with Crippen molar-refractivity contribution in [1.29, 1.82) is 0 Å². The summed E-state index contributed by atoms with van der Waals surface area (Å²) in [4.78, 5) is 4.76. The number of fused-ring (bicyclic) bond motifs is 1. The number of nitrogens with two attached hydrogens (primary N) is 1. The van der Waals surface area contributed by atoms with Crippen molar-refractivity contribution in [2.45, 2.75) is 45.2 Å². The summed E-state index contributed by atoms with van der Waals surface area (Å²) in [5.41, 5.74) is 8.29. The lowest BCUT2D eigenvalue weighted by Crippen LogP contribution is -2.35. The third-order valence-electron chi connectivity index (χ3n) is 4.19. The topological polar surface area (TPSA) is 53.1 Å². The number of ether oxygens (including phenoxy) is 1. The van der Waals surface area contributed by atoms with E-state index in [9.17, 15) is 0 Å². The van der Waals surface area contributed by atoms with Crippen LogP contribution in [0.1, 0.15) is 38.6 Å². The third kappa shape index (κ3) is 2.81. The fourth-order valence-corrected chi connectivity index (χ4v) is 2.79. The van der Waals surface area contributed by atoms with Crippen LogP contribution in [-0.2, 0) is 6.42 Å². The molecule has 0 saturated heterocycles. The third-order valence-corrected chi connectivity index (χ3v) is 4.19. The van der Waals surface area contributed by atoms with Crippen molar-refractivity contribution >= 4 is 0 Å². The summed E-state index contributed by atoms with van der Waals surface area (Å²) in [6.07, 6.45) is 5.12. The van der Waals surface area contributed by atoms with Crippen LogP contribution in [0, 0.1) is 0 Å². The molecule has 1 aliphatic heterocycles. The van der Waals surface area contributed by atoms with Crippen LogP contribution in [0.4, 0.5) is 0 Å². The number of hydrogen-bond acceptors (Lipinski definition) is 3. The summed E-state index contributed by atoms with van der Waals surface area (Å²) < 4.78 is 7.84. The zero-order chi connectivity index (χ0) is 14.8. The lowest BCUT2D eigenvalue weighted by atomic mass is 10.0. The Hall–Kier alpha value is -1.81. The van der Waals surface area contributed by atoms with E-state index in [1.165, 1.54) is 0 Å². The molecule has 3 rings (SSSR count). The van der Waals surface area contributed by atoms with Crippen molar-refractivity contribution in [3.8, 4) is 17.0 Å². The van der Waals surface area contributed by atoms with Gasteiger partial charge in [0.25, 0.3) is 0 Å². The molecule has 2 N–H and O–H groups in total. The maximum atomic E-state index is 6.14. The average molecular weight is 285 g/mol. The summed E-state index contributed by atoms with van der Waals surface area (Å²) in [5, 5.41) is 0. The number of imidazole rings is 1. The van der Waals surface area contributed by atoms with Gasteiger partial charge in [-0.15, -0.1) is 0 Å². The summed E-state index contributed by atoms with van der Waals surface area (Å²) in [6, 6.07) is 8.72. The molecular formula is C17H23N3O. The van der Waals surface area contributed by atoms with Gasteiger partial charge in [0, 0.05) is 30.3 Å². The standard InChI is InChI=1S/C17H23N3O/c1-3-10-21-14-6-4-13(5-7-14)16-11-20-12(2)15(18)8-9-17(20)19-16/h4-7,11-12,15H,3,8-10,18H2,1-2H3. The Morgan fingerprint density at radius 2 is 2.10 bits per heavy atom. The zero-order valence-corrected chi connectivity index (χ0v) is 12.7. The zero-order valence-electron chi connectivity index (χ0n) is 12.7. The molecule has 0 saturated carbocycles. The second kappa shape index (κ2) is 5.90. The first-order chi connectivity index (χ1) is 10.2. The van der Waals surface area contributed by atoms with Crippen molar-refractivity contribution in [3.63, 3.8) is 0 Å². The molecule has 0 bridgehead atoms. The molecule has 112 valence electrons. The maximum Gasteiger partial charge on any atom is 0.119 e. The minimum atomic E-state index is 0.226. The lowest BCUT2D eigenvalue weighted by molar-refractivity contribution is 0.317. The van der Waals surface area contributed by atoms with Gasteiger partial charge in [0.2, 0.25) is 0 Å². The molecule has 4 nitrogen and oxygen atoms in total. The van der Waals surface area contributed by atoms with Gasteiger partial charge < -0.3 is 15.0 Å². The molecule has 2 aromatic rings. The molecule has 2 atom stereocenters. The predicted molar refractivity (Wildman–Crippen MR) is 84.5 cm³/mol. The Morgan fingerprint density at radius 3 is 2.81 bits per heavy atom. The van der Waals surface area contributed by atoms with Crippen LogP contribution in [-0.4, -0.2) is 22.2 Å². The number of nitrogens with zero attached hydrogens (tertiary/aromatic N) is 2. The molecule has 1 aromatic heterocycles. The Bertz CT molecular complexity index is 603. The minimum Gasteiger partial charge on any atom is -0.494 e. The fraction of sp³-hybridized carbons (Fsp3) is 0.471. The van der Waals surface area contributed by atoms with Gasteiger partial charge in [-0.05, 0) is 44.0 Å². The van der Waals surface area contributed by atoms with Gasteiger partial charge in [-0.2, -0.15) is 0 Å². The Balaban J connectivity index is 1.83. The summed E-state index contributed by atoms with van der Waals surface area (Å²) >= 11 is 0. The fourth-order valence-electron chi connectivity index (χ4n) is 2.79. The molecule has 2 unspecified atom stereocenters. The van der Waals surface area contributed by atoms with Crippen LogP contribution >= 0.6 is 0 Å². The van der Waals surface area contributed by atoms with Crippen molar-refractivity contribution in [3.05, 3.63) is 36.3 Å². The Morgan fingerprint density at radius 1 is 1.33 bits per heavy atom. The van der Waals surface area contributed by atoms with Gasteiger partial charge >= 0.3 is 0 Å². The largest absolute Gasteiger partial charge is 0.494 e. The molecule has 21 heavy (non-hydrogen) atoms. The SMILES string of the molecule is CCCOc1ccc(-c2cn3c(n2)CCC(N)C3C)cc1. The summed E-state index contributed by atoms with van der Waals surface area (Å²) in [5.74, 6) is 2.06. The van der Waals surface area contributed by atoms with Crippen molar-refractivity contribution < 1.29 is 4.74 Å². The monoisotopic (exact) mass is 285 g/mol. The normalized spacial score (nSPS) is 21.1. The Labute approximate surface area is 125 Å². The highest BCUT2D eigenvalue weighted by molar-refractivity contribution is 5.59. The van der Waals surface area contributed by atoms with Crippen molar-refractivity contribution in [2.75, 3.05) is 6.61 Å². The van der Waals surface area contributed by atoms with E-state index in [2.05, 4.69) is 36.7 Å². The molecule has 4 heteroatoms. The van der Waals surface area contributed by atoms with Crippen LogP contribution in [0.3, 0.4) is 0 Å².